The van der Waals surface area contributed by atoms with Gasteiger partial charge in [-0.3, -0.25) is 9.20 Å². The maximum Gasteiger partial charge on any atom is 0.281 e. The van der Waals surface area contributed by atoms with E-state index in [0.717, 1.165) is 11.2 Å². The number of thiazole rings is 1. The summed E-state index contributed by atoms with van der Waals surface area (Å²) in [4.78, 5) is 16.8. The number of aromatic hydroxyl groups is 1. The third kappa shape index (κ3) is 2.07. The molecule has 6 heteroatoms. The van der Waals surface area contributed by atoms with E-state index in [1.807, 2.05) is 28.0 Å². The summed E-state index contributed by atoms with van der Waals surface area (Å²) < 4.78 is 7.13. The molecular weight excluding hydrogens is 312 g/mol. The fourth-order valence-electron chi connectivity index (χ4n) is 2.65. The summed E-state index contributed by atoms with van der Waals surface area (Å²) in [6.07, 6.45) is 0. The van der Waals surface area contributed by atoms with Crippen LogP contribution in [0.2, 0.25) is 0 Å². The van der Waals surface area contributed by atoms with Gasteiger partial charge in [-0.05, 0) is 30.3 Å². The Hall–Kier alpha value is -2.86. The van der Waals surface area contributed by atoms with Crippen LogP contribution in [0.4, 0.5) is 0 Å². The minimum atomic E-state index is -0.246. The van der Waals surface area contributed by atoms with Crippen LogP contribution in [-0.4, -0.2) is 21.6 Å². The van der Waals surface area contributed by atoms with E-state index in [9.17, 15) is 9.90 Å². The van der Waals surface area contributed by atoms with Gasteiger partial charge in [0.1, 0.15) is 11.5 Å². The first-order valence-corrected chi connectivity index (χ1v) is 7.83. The zero-order valence-corrected chi connectivity index (χ0v) is 13.0. The lowest BCUT2D eigenvalue weighted by Crippen LogP contribution is -2.09. The number of nitrogens with zero attached hydrogens (tertiary/aromatic N) is 2. The number of benzene rings is 2. The molecule has 0 saturated carbocycles. The van der Waals surface area contributed by atoms with Crippen LogP contribution >= 0.6 is 11.3 Å². The van der Waals surface area contributed by atoms with Gasteiger partial charge in [0.2, 0.25) is 0 Å². The van der Waals surface area contributed by atoms with E-state index in [1.54, 1.807) is 31.4 Å². The zero-order chi connectivity index (χ0) is 16.0. The highest BCUT2D eigenvalue weighted by atomic mass is 32.1. The molecule has 0 spiro atoms. The normalized spacial score (nSPS) is 11.2. The highest BCUT2D eigenvalue weighted by Gasteiger charge is 2.15. The van der Waals surface area contributed by atoms with E-state index in [4.69, 9.17) is 4.74 Å². The summed E-state index contributed by atoms with van der Waals surface area (Å²) in [6.45, 7) is 0. The van der Waals surface area contributed by atoms with E-state index in [-0.39, 0.29) is 11.3 Å². The highest BCUT2D eigenvalue weighted by molar-refractivity contribution is 7.15. The standard InChI is InChI=1S/C17H12N2O3S/c1-22-10-6-7-15(20)12(8-10)14-9-23-17-18-16(21)11-4-2-3-5-13(11)19(14)17/h2-9,20H,1H3. The number of phenols is 1. The Labute approximate surface area is 135 Å². The Morgan fingerprint density at radius 3 is 2.87 bits per heavy atom. The monoisotopic (exact) mass is 324 g/mol. The van der Waals surface area contributed by atoms with Crippen molar-refractivity contribution in [1.82, 2.24) is 9.38 Å². The Balaban J connectivity index is 2.14. The molecule has 0 atom stereocenters. The van der Waals surface area contributed by atoms with Gasteiger partial charge in [-0.15, -0.1) is 11.3 Å². The fraction of sp³-hybridized carbons (Fsp3) is 0.0588. The van der Waals surface area contributed by atoms with E-state index in [1.165, 1.54) is 11.3 Å². The fourth-order valence-corrected chi connectivity index (χ4v) is 3.54. The maximum absolute atomic E-state index is 12.1. The second kappa shape index (κ2) is 5.10. The number of hydrogen-bond donors (Lipinski definition) is 1. The van der Waals surface area contributed by atoms with Gasteiger partial charge in [-0.2, -0.15) is 4.98 Å². The maximum atomic E-state index is 12.1. The second-order valence-electron chi connectivity index (χ2n) is 5.06. The second-order valence-corrected chi connectivity index (χ2v) is 5.89. The number of ether oxygens (including phenoxy) is 1. The number of fused-ring (bicyclic) bond motifs is 3. The number of hydrogen-bond acceptors (Lipinski definition) is 5. The molecule has 0 aliphatic heterocycles. The minimum absolute atomic E-state index is 0.147. The third-order valence-corrected chi connectivity index (χ3v) is 4.59. The lowest BCUT2D eigenvalue weighted by atomic mass is 10.1. The van der Waals surface area contributed by atoms with E-state index < -0.39 is 0 Å². The van der Waals surface area contributed by atoms with Gasteiger partial charge in [0.15, 0.2) is 4.96 Å². The summed E-state index contributed by atoms with van der Waals surface area (Å²) in [5, 5.41) is 12.7. The van der Waals surface area contributed by atoms with E-state index in [2.05, 4.69) is 4.98 Å². The molecule has 5 nitrogen and oxygen atoms in total. The quantitative estimate of drug-likeness (QED) is 0.614. The minimum Gasteiger partial charge on any atom is -0.507 e. The predicted molar refractivity (Wildman–Crippen MR) is 90.5 cm³/mol. The lowest BCUT2D eigenvalue weighted by molar-refractivity contribution is 0.412. The van der Waals surface area contributed by atoms with Crippen LogP contribution in [0.5, 0.6) is 11.5 Å². The van der Waals surface area contributed by atoms with Crippen molar-refractivity contribution in [3.63, 3.8) is 0 Å². The van der Waals surface area contributed by atoms with Crippen molar-refractivity contribution in [1.29, 1.82) is 0 Å². The molecule has 2 aromatic carbocycles. The van der Waals surface area contributed by atoms with Crippen LogP contribution in [0.25, 0.3) is 27.1 Å². The lowest BCUT2D eigenvalue weighted by Gasteiger charge is -2.09. The molecule has 0 saturated heterocycles. The van der Waals surface area contributed by atoms with Gasteiger partial charge in [0.25, 0.3) is 5.56 Å². The van der Waals surface area contributed by atoms with Gasteiger partial charge in [0, 0.05) is 10.9 Å². The van der Waals surface area contributed by atoms with Crippen molar-refractivity contribution in [3.8, 4) is 22.8 Å². The Morgan fingerprint density at radius 1 is 1.22 bits per heavy atom. The highest BCUT2D eigenvalue weighted by Crippen LogP contribution is 2.35. The van der Waals surface area contributed by atoms with Gasteiger partial charge < -0.3 is 9.84 Å². The van der Waals surface area contributed by atoms with Crippen LogP contribution in [0.3, 0.4) is 0 Å². The first-order chi connectivity index (χ1) is 11.2. The Morgan fingerprint density at radius 2 is 2.04 bits per heavy atom. The molecule has 4 rings (SSSR count). The molecular formula is C17H12N2O3S. The first kappa shape index (κ1) is 13.8. The number of aromatic nitrogens is 2. The first-order valence-electron chi connectivity index (χ1n) is 6.95. The van der Waals surface area contributed by atoms with Crippen LogP contribution < -0.4 is 10.3 Å². The van der Waals surface area contributed by atoms with Crippen LogP contribution in [0.1, 0.15) is 0 Å². The van der Waals surface area contributed by atoms with Crippen LogP contribution in [0, 0.1) is 0 Å². The molecule has 2 aromatic heterocycles. The van der Waals surface area contributed by atoms with Crippen molar-refractivity contribution >= 4 is 27.2 Å². The van der Waals surface area contributed by atoms with Gasteiger partial charge >= 0.3 is 0 Å². The molecule has 114 valence electrons. The van der Waals surface area contributed by atoms with Crippen molar-refractivity contribution in [2.24, 2.45) is 0 Å². The Kier molecular flexibility index (Phi) is 3.06. The number of methoxy groups -OCH3 is 1. The number of rotatable bonds is 2. The average Bonchev–Trinajstić information content (AvgIpc) is 2.99. The molecule has 0 unspecified atom stereocenters. The number of para-hydroxylation sites is 1. The molecule has 1 N–H and O–H groups in total. The predicted octanol–water partition coefficient (Wildman–Crippen LogP) is 3.29. The summed E-state index contributed by atoms with van der Waals surface area (Å²) in [6, 6.07) is 12.4. The van der Waals surface area contributed by atoms with E-state index >= 15 is 0 Å². The third-order valence-electron chi connectivity index (χ3n) is 3.76. The summed E-state index contributed by atoms with van der Waals surface area (Å²) in [5.41, 5.74) is 1.92. The van der Waals surface area contributed by atoms with Crippen molar-refractivity contribution in [3.05, 3.63) is 58.2 Å². The van der Waals surface area contributed by atoms with Crippen molar-refractivity contribution in [2.45, 2.75) is 0 Å². The average molecular weight is 324 g/mol. The van der Waals surface area contributed by atoms with Gasteiger partial charge in [0.05, 0.1) is 23.7 Å². The summed E-state index contributed by atoms with van der Waals surface area (Å²) >= 11 is 1.36. The Bertz CT molecular complexity index is 1100. The van der Waals surface area contributed by atoms with Gasteiger partial charge in [-0.25, -0.2) is 0 Å². The van der Waals surface area contributed by atoms with Crippen LogP contribution in [0.15, 0.2) is 52.6 Å². The van der Waals surface area contributed by atoms with Gasteiger partial charge in [-0.1, -0.05) is 12.1 Å². The molecule has 2 heterocycles. The molecule has 0 amide bonds. The molecule has 0 aliphatic carbocycles. The molecule has 4 aromatic rings. The summed E-state index contributed by atoms with van der Waals surface area (Å²) in [7, 11) is 1.58. The molecule has 0 aliphatic rings. The summed E-state index contributed by atoms with van der Waals surface area (Å²) in [5.74, 6) is 0.795. The zero-order valence-electron chi connectivity index (χ0n) is 12.2. The molecule has 0 radical (unpaired) electrons. The molecule has 0 fully saturated rings. The topological polar surface area (TPSA) is 63.8 Å². The molecule has 0 bridgehead atoms. The largest absolute Gasteiger partial charge is 0.507 e. The molecule has 23 heavy (non-hydrogen) atoms. The van der Waals surface area contributed by atoms with Crippen molar-refractivity contribution < 1.29 is 9.84 Å². The number of phenolic OH excluding ortho intramolecular Hbond substituents is 1. The van der Waals surface area contributed by atoms with E-state index in [0.29, 0.717) is 21.7 Å². The van der Waals surface area contributed by atoms with Crippen molar-refractivity contribution in [2.75, 3.05) is 7.11 Å². The SMILES string of the molecule is COc1ccc(O)c(-c2csc3nc(=O)c4ccccc4n23)c1. The van der Waals surface area contributed by atoms with Crippen LogP contribution in [-0.2, 0) is 0 Å². The smallest absolute Gasteiger partial charge is 0.281 e.